The van der Waals surface area contributed by atoms with Crippen LogP contribution in [0.15, 0.2) is 27.9 Å². The summed E-state index contributed by atoms with van der Waals surface area (Å²) in [6, 6.07) is 7.68. The molecule has 3 rings (SSSR count). The van der Waals surface area contributed by atoms with Crippen molar-refractivity contribution in [3.05, 3.63) is 61.5 Å². The molecule has 0 fully saturated rings. The lowest BCUT2D eigenvalue weighted by atomic mass is 9.98. The first kappa shape index (κ1) is 19.5. The molecule has 2 aromatic rings. The van der Waals surface area contributed by atoms with Gasteiger partial charge in [0.1, 0.15) is 11.6 Å². The van der Waals surface area contributed by atoms with Crippen molar-refractivity contribution in [1.82, 2.24) is 10.3 Å². The van der Waals surface area contributed by atoms with Gasteiger partial charge < -0.3 is 10.3 Å². The molecule has 1 amide bonds. The van der Waals surface area contributed by atoms with Crippen LogP contribution in [0.4, 0.5) is 0 Å². The second-order valence-electron chi connectivity index (χ2n) is 6.61. The Morgan fingerprint density at radius 3 is 2.96 bits per heavy atom. The Hall–Kier alpha value is -2.23. The summed E-state index contributed by atoms with van der Waals surface area (Å²) in [4.78, 5) is 28.2. The van der Waals surface area contributed by atoms with E-state index in [1.807, 2.05) is 24.3 Å². The third-order valence-electron chi connectivity index (χ3n) is 4.87. The second-order valence-corrected chi connectivity index (χ2v) is 8.18. The largest absolute Gasteiger partial charge is 0.349 e. The first-order chi connectivity index (χ1) is 12.9. The summed E-state index contributed by atoms with van der Waals surface area (Å²) in [6.07, 6.45) is 1.62. The van der Waals surface area contributed by atoms with Gasteiger partial charge in [0.05, 0.1) is 6.04 Å². The number of nitrogens with zero attached hydrogens (tertiary/aromatic N) is 1. The molecule has 0 bridgehead atoms. The smallest absolute Gasteiger partial charge is 0.266 e. The predicted octanol–water partition coefficient (Wildman–Crippen LogP) is 3.80. The Morgan fingerprint density at radius 2 is 2.22 bits per heavy atom. The van der Waals surface area contributed by atoms with Gasteiger partial charge in [0.2, 0.25) is 5.91 Å². The number of benzene rings is 1. The molecule has 27 heavy (non-hydrogen) atoms. The number of H-pyrrole nitrogens is 1. The Labute approximate surface area is 167 Å². The third kappa shape index (κ3) is 4.20. The van der Waals surface area contributed by atoms with E-state index in [1.165, 1.54) is 0 Å². The minimum absolute atomic E-state index is 0.0418. The van der Waals surface area contributed by atoms with Gasteiger partial charge in [0.25, 0.3) is 5.56 Å². The van der Waals surface area contributed by atoms with Gasteiger partial charge in [-0.05, 0) is 61.6 Å². The molecule has 5 nitrogen and oxygen atoms in total. The zero-order chi connectivity index (χ0) is 19.6. The number of pyridine rings is 1. The minimum Gasteiger partial charge on any atom is -0.349 e. The first-order valence-corrected chi connectivity index (χ1v) is 10.1. The van der Waals surface area contributed by atoms with Crippen LogP contribution >= 0.6 is 23.4 Å². The van der Waals surface area contributed by atoms with Crippen LogP contribution in [0.1, 0.15) is 46.8 Å². The number of carbonyl (C=O) groups excluding carboxylic acids is 1. The summed E-state index contributed by atoms with van der Waals surface area (Å²) in [6.45, 7) is 3.55. The number of nitrogens with one attached hydrogen (secondary N) is 2. The normalized spacial score (nSPS) is 15.7. The highest BCUT2D eigenvalue weighted by atomic mass is 35.5. The van der Waals surface area contributed by atoms with Crippen molar-refractivity contribution in [2.75, 3.05) is 5.75 Å². The lowest BCUT2D eigenvalue weighted by molar-refractivity contribution is -0.121. The highest BCUT2D eigenvalue weighted by Gasteiger charge is 2.23. The quantitative estimate of drug-likeness (QED) is 0.815. The Morgan fingerprint density at radius 1 is 1.44 bits per heavy atom. The van der Waals surface area contributed by atoms with Crippen LogP contribution in [0.5, 0.6) is 0 Å². The van der Waals surface area contributed by atoms with Crippen LogP contribution in [0.3, 0.4) is 0 Å². The van der Waals surface area contributed by atoms with E-state index in [0.29, 0.717) is 22.7 Å². The van der Waals surface area contributed by atoms with Crippen molar-refractivity contribution in [3.63, 3.8) is 0 Å². The predicted molar refractivity (Wildman–Crippen MR) is 107 cm³/mol. The number of carbonyl (C=O) groups is 1. The van der Waals surface area contributed by atoms with Gasteiger partial charge in [-0.2, -0.15) is 5.26 Å². The zero-order valence-electron chi connectivity index (χ0n) is 15.2. The Bertz CT molecular complexity index is 994. The van der Waals surface area contributed by atoms with Gasteiger partial charge in [-0.15, -0.1) is 11.8 Å². The number of aromatic nitrogens is 1. The van der Waals surface area contributed by atoms with Gasteiger partial charge in [-0.1, -0.05) is 11.6 Å². The van der Waals surface area contributed by atoms with Crippen molar-refractivity contribution >= 4 is 29.3 Å². The molecule has 0 saturated carbocycles. The first-order valence-electron chi connectivity index (χ1n) is 8.74. The Kier molecular flexibility index (Phi) is 5.93. The summed E-state index contributed by atoms with van der Waals surface area (Å²) in [5, 5.41) is 12.9. The maximum absolute atomic E-state index is 12.5. The standard InChI is InChI=1S/C20H20ClN3O2S/c1-11-14(12(2)23-20(26)16(11)10-22)4-6-19(25)24-17-7-8-27-18-5-3-13(21)9-15(17)18/h3,5,9,17H,4,6-8H2,1-2H3,(H,23,26)(H,24,25). The number of aromatic amines is 1. The summed E-state index contributed by atoms with van der Waals surface area (Å²) in [5.41, 5.74) is 3.00. The number of amides is 1. The molecule has 1 unspecified atom stereocenters. The number of hydrogen-bond acceptors (Lipinski definition) is 4. The Balaban J connectivity index is 1.71. The third-order valence-corrected chi connectivity index (χ3v) is 6.23. The van der Waals surface area contributed by atoms with Crippen LogP contribution < -0.4 is 10.9 Å². The van der Waals surface area contributed by atoms with E-state index in [-0.39, 0.29) is 29.5 Å². The molecule has 7 heteroatoms. The van der Waals surface area contributed by atoms with Crippen LogP contribution in [0, 0.1) is 25.2 Å². The number of nitriles is 1. The van der Waals surface area contributed by atoms with Gasteiger partial charge in [-0.3, -0.25) is 9.59 Å². The zero-order valence-corrected chi connectivity index (χ0v) is 16.8. The molecule has 0 aliphatic carbocycles. The van der Waals surface area contributed by atoms with Gasteiger partial charge in [0, 0.05) is 27.8 Å². The highest BCUT2D eigenvalue weighted by molar-refractivity contribution is 7.99. The minimum atomic E-state index is -0.381. The molecule has 1 aliphatic rings. The molecule has 140 valence electrons. The lowest BCUT2D eigenvalue weighted by Crippen LogP contribution is -2.31. The van der Waals surface area contributed by atoms with Crippen LogP contribution in [-0.2, 0) is 11.2 Å². The second kappa shape index (κ2) is 8.20. The van der Waals surface area contributed by atoms with E-state index in [1.54, 1.807) is 25.6 Å². The van der Waals surface area contributed by atoms with Crippen LogP contribution in [0.2, 0.25) is 5.02 Å². The number of rotatable bonds is 4. The molecule has 0 radical (unpaired) electrons. The fourth-order valence-electron chi connectivity index (χ4n) is 3.44. The molecule has 2 N–H and O–H groups in total. The molecular formula is C20H20ClN3O2S. The molecule has 1 aromatic heterocycles. The van der Waals surface area contributed by atoms with Gasteiger partial charge in [-0.25, -0.2) is 0 Å². The molecule has 2 heterocycles. The fourth-order valence-corrected chi connectivity index (χ4v) is 4.73. The number of thioether (sulfide) groups is 1. The van der Waals surface area contributed by atoms with E-state index in [4.69, 9.17) is 16.9 Å². The SMILES string of the molecule is Cc1[nH]c(=O)c(C#N)c(C)c1CCC(=O)NC1CCSc2ccc(Cl)cc21. The lowest BCUT2D eigenvalue weighted by Gasteiger charge is -2.26. The molecule has 0 saturated heterocycles. The molecule has 1 aliphatic heterocycles. The van der Waals surface area contributed by atoms with Gasteiger partial charge in [0.15, 0.2) is 0 Å². The van der Waals surface area contributed by atoms with E-state index in [2.05, 4.69) is 10.3 Å². The number of hydrogen-bond donors (Lipinski definition) is 2. The van der Waals surface area contributed by atoms with Crippen molar-refractivity contribution in [2.24, 2.45) is 0 Å². The van der Waals surface area contributed by atoms with Gasteiger partial charge >= 0.3 is 0 Å². The summed E-state index contributed by atoms with van der Waals surface area (Å²) in [7, 11) is 0. The summed E-state index contributed by atoms with van der Waals surface area (Å²) < 4.78 is 0. The maximum atomic E-state index is 12.5. The van der Waals surface area contributed by atoms with Crippen LogP contribution in [-0.4, -0.2) is 16.6 Å². The molecular weight excluding hydrogens is 382 g/mol. The summed E-state index contributed by atoms with van der Waals surface area (Å²) >= 11 is 7.89. The number of aryl methyl sites for hydroxylation is 1. The molecule has 1 atom stereocenters. The molecule has 0 spiro atoms. The van der Waals surface area contributed by atoms with E-state index in [9.17, 15) is 9.59 Å². The topological polar surface area (TPSA) is 85.8 Å². The van der Waals surface area contributed by atoms with Crippen molar-refractivity contribution in [1.29, 1.82) is 5.26 Å². The van der Waals surface area contributed by atoms with Crippen molar-refractivity contribution in [2.45, 2.75) is 44.0 Å². The van der Waals surface area contributed by atoms with E-state index < -0.39 is 0 Å². The van der Waals surface area contributed by atoms with Crippen molar-refractivity contribution in [3.8, 4) is 6.07 Å². The van der Waals surface area contributed by atoms with Crippen molar-refractivity contribution < 1.29 is 4.79 Å². The number of fused-ring (bicyclic) bond motifs is 1. The summed E-state index contributed by atoms with van der Waals surface area (Å²) in [5.74, 6) is 0.893. The van der Waals surface area contributed by atoms with E-state index >= 15 is 0 Å². The highest BCUT2D eigenvalue weighted by Crippen LogP contribution is 2.37. The van der Waals surface area contributed by atoms with E-state index in [0.717, 1.165) is 28.2 Å². The fraction of sp³-hybridized carbons (Fsp3) is 0.350. The molecule has 1 aromatic carbocycles. The monoisotopic (exact) mass is 401 g/mol. The van der Waals surface area contributed by atoms with Crippen LogP contribution in [0.25, 0.3) is 0 Å². The average Bonchev–Trinajstić information content (AvgIpc) is 2.62. The average molecular weight is 402 g/mol. The maximum Gasteiger partial charge on any atom is 0.266 e. The number of halogens is 1.